The Balaban J connectivity index is 1.51. The van der Waals surface area contributed by atoms with E-state index < -0.39 is 0 Å². The summed E-state index contributed by atoms with van der Waals surface area (Å²) in [6.07, 6.45) is 5.54. The van der Waals surface area contributed by atoms with E-state index in [9.17, 15) is 9.59 Å². The van der Waals surface area contributed by atoms with E-state index >= 15 is 0 Å². The molecule has 3 heterocycles. The molecule has 1 aliphatic carbocycles. The zero-order valence-electron chi connectivity index (χ0n) is 16.3. The van der Waals surface area contributed by atoms with Crippen LogP contribution in [0.2, 0.25) is 10.0 Å². The molecule has 1 aromatic carbocycles. The summed E-state index contributed by atoms with van der Waals surface area (Å²) in [7, 11) is 0. The molecule has 2 aliphatic rings. The minimum Gasteiger partial charge on any atom is -0.367 e. The van der Waals surface area contributed by atoms with Gasteiger partial charge in [-0.3, -0.25) is 14.9 Å². The van der Waals surface area contributed by atoms with Gasteiger partial charge in [0.2, 0.25) is 5.91 Å². The van der Waals surface area contributed by atoms with Gasteiger partial charge in [-0.15, -0.1) is 0 Å². The topological polar surface area (TPSA) is 100 Å². The normalized spacial score (nSPS) is 17.4. The molecule has 5 rings (SSSR count). The first-order valence-corrected chi connectivity index (χ1v) is 10.6. The first kappa shape index (κ1) is 19.8. The van der Waals surface area contributed by atoms with E-state index in [4.69, 9.17) is 23.2 Å². The smallest absolute Gasteiger partial charge is 0.254 e. The lowest BCUT2D eigenvalue weighted by Crippen LogP contribution is -2.19. The predicted molar refractivity (Wildman–Crippen MR) is 119 cm³/mol. The Kier molecular flexibility index (Phi) is 5.03. The highest BCUT2D eigenvalue weighted by molar-refractivity contribution is 6.36. The van der Waals surface area contributed by atoms with Crippen molar-refractivity contribution in [3.05, 3.63) is 57.2 Å². The van der Waals surface area contributed by atoms with Crippen LogP contribution in [0.5, 0.6) is 0 Å². The SMILES string of the molecule is O=C1C/C(=C\c2cnn3c(NC4CC4)cc(NCc4c(Cl)cccc4Cl)nc23)C(=O)N1. The number of amides is 2. The van der Waals surface area contributed by atoms with Gasteiger partial charge in [0.1, 0.15) is 11.6 Å². The Morgan fingerprint density at radius 2 is 2.00 bits per heavy atom. The summed E-state index contributed by atoms with van der Waals surface area (Å²) in [5, 5.41) is 14.6. The Morgan fingerprint density at radius 3 is 2.68 bits per heavy atom. The number of benzene rings is 1. The minimum absolute atomic E-state index is 0.0479. The van der Waals surface area contributed by atoms with Crippen molar-refractivity contribution in [1.82, 2.24) is 19.9 Å². The molecule has 2 amide bonds. The van der Waals surface area contributed by atoms with Crippen LogP contribution in [0.3, 0.4) is 0 Å². The number of hydrogen-bond acceptors (Lipinski definition) is 6. The second-order valence-electron chi connectivity index (χ2n) is 7.56. The molecule has 0 spiro atoms. The van der Waals surface area contributed by atoms with Crippen LogP contribution < -0.4 is 16.0 Å². The van der Waals surface area contributed by atoms with Crippen LogP contribution in [0.25, 0.3) is 11.7 Å². The Bertz CT molecular complexity index is 1230. The molecule has 1 saturated heterocycles. The number of halogens is 2. The fraction of sp³-hybridized carbons (Fsp3) is 0.238. The van der Waals surface area contributed by atoms with Crippen molar-refractivity contribution < 1.29 is 9.59 Å². The van der Waals surface area contributed by atoms with E-state index in [2.05, 4.69) is 26.0 Å². The average molecular weight is 457 g/mol. The van der Waals surface area contributed by atoms with Crippen LogP contribution >= 0.6 is 23.2 Å². The molecule has 10 heteroatoms. The first-order chi connectivity index (χ1) is 15.0. The lowest BCUT2D eigenvalue weighted by Gasteiger charge is -2.13. The summed E-state index contributed by atoms with van der Waals surface area (Å²) < 4.78 is 1.70. The molecule has 1 saturated carbocycles. The van der Waals surface area contributed by atoms with Gasteiger partial charge in [0, 0.05) is 45.4 Å². The van der Waals surface area contributed by atoms with E-state index in [1.807, 2.05) is 6.07 Å². The molecule has 0 bridgehead atoms. The van der Waals surface area contributed by atoms with Gasteiger partial charge in [-0.2, -0.15) is 9.61 Å². The minimum atomic E-state index is -0.386. The largest absolute Gasteiger partial charge is 0.367 e. The van der Waals surface area contributed by atoms with E-state index in [0.717, 1.165) is 24.2 Å². The third-order valence-corrected chi connectivity index (χ3v) is 5.87. The van der Waals surface area contributed by atoms with Gasteiger partial charge in [0.05, 0.1) is 12.6 Å². The molecule has 3 aromatic rings. The van der Waals surface area contributed by atoms with Crippen molar-refractivity contribution in [2.45, 2.75) is 31.8 Å². The number of nitrogens with one attached hydrogen (secondary N) is 3. The molecule has 3 N–H and O–H groups in total. The maximum atomic E-state index is 12.0. The quantitative estimate of drug-likeness (QED) is 0.386. The number of nitrogens with zero attached hydrogens (tertiary/aromatic N) is 3. The fourth-order valence-electron chi connectivity index (χ4n) is 3.40. The molecule has 1 aliphatic heterocycles. The summed E-state index contributed by atoms with van der Waals surface area (Å²) >= 11 is 12.6. The summed E-state index contributed by atoms with van der Waals surface area (Å²) in [5.74, 6) is 0.703. The molecule has 0 unspecified atom stereocenters. The maximum Gasteiger partial charge on any atom is 0.254 e. The molecule has 158 valence electrons. The van der Waals surface area contributed by atoms with Gasteiger partial charge in [0.25, 0.3) is 5.91 Å². The Morgan fingerprint density at radius 1 is 1.23 bits per heavy atom. The molecule has 0 atom stereocenters. The second kappa shape index (κ2) is 7.86. The van der Waals surface area contributed by atoms with E-state index in [0.29, 0.717) is 45.2 Å². The summed E-state index contributed by atoms with van der Waals surface area (Å²) in [6, 6.07) is 7.66. The zero-order valence-corrected chi connectivity index (χ0v) is 17.8. The number of imide groups is 1. The van der Waals surface area contributed by atoms with Gasteiger partial charge in [0.15, 0.2) is 5.65 Å². The lowest BCUT2D eigenvalue weighted by molar-refractivity contribution is -0.124. The third kappa shape index (κ3) is 4.08. The van der Waals surface area contributed by atoms with Crippen LogP contribution in [0, 0.1) is 0 Å². The second-order valence-corrected chi connectivity index (χ2v) is 8.37. The molecular weight excluding hydrogens is 439 g/mol. The summed E-state index contributed by atoms with van der Waals surface area (Å²) in [5.41, 5.74) is 2.39. The molecular formula is C21H18Cl2N6O2. The highest BCUT2D eigenvalue weighted by atomic mass is 35.5. The van der Waals surface area contributed by atoms with Gasteiger partial charge in [-0.25, -0.2) is 4.98 Å². The number of hydrogen-bond donors (Lipinski definition) is 3. The number of rotatable bonds is 6. The van der Waals surface area contributed by atoms with Crippen LogP contribution in [-0.2, 0) is 16.1 Å². The Labute approximate surface area is 187 Å². The van der Waals surface area contributed by atoms with Gasteiger partial charge in [-0.1, -0.05) is 29.3 Å². The van der Waals surface area contributed by atoms with E-state index in [1.165, 1.54) is 0 Å². The zero-order chi connectivity index (χ0) is 21.5. The third-order valence-electron chi connectivity index (χ3n) is 5.16. The van der Waals surface area contributed by atoms with Crippen molar-refractivity contribution >= 4 is 58.4 Å². The van der Waals surface area contributed by atoms with Crippen LogP contribution in [0.1, 0.15) is 30.4 Å². The van der Waals surface area contributed by atoms with Gasteiger partial charge in [-0.05, 0) is 31.1 Å². The van der Waals surface area contributed by atoms with Crippen molar-refractivity contribution in [2.75, 3.05) is 10.6 Å². The number of carbonyl (C=O) groups is 2. The summed E-state index contributed by atoms with van der Waals surface area (Å²) in [4.78, 5) is 28.2. The number of carbonyl (C=O) groups excluding carboxylic acids is 2. The first-order valence-electron chi connectivity index (χ1n) is 9.85. The van der Waals surface area contributed by atoms with Crippen LogP contribution in [0.4, 0.5) is 11.6 Å². The Hall–Kier alpha value is -3.10. The number of anilines is 2. The maximum absolute atomic E-state index is 12.0. The van der Waals surface area contributed by atoms with Crippen LogP contribution in [-0.4, -0.2) is 32.5 Å². The molecule has 2 fully saturated rings. The van der Waals surface area contributed by atoms with Crippen LogP contribution in [0.15, 0.2) is 36.0 Å². The van der Waals surface area contributed by atoms with Crippen molar-refractivity contribution in [2.24, 2.45) is 0 Å². The van der Waals surface area contributed by atoms with E-state index in [1.54, 1.807) is 35.0 Å². The lowest BCUT2D eigenvalue weighted by atomic mass is 10.1. The molecule has 0 radical (unpaired) electrons. The number of aromatic nitrogens is 3. The highest BCUT2D eigenvalue weighted by Gasteiger charge is 2.25. The van der Waals surface area contributed by atoms with Crippen molar-refractivity contribution in [3.8, 4) is 0 Å². The number of fused-ring (bicyclic) bond motifs is 1. The predicted octanol–water partition coefficient (Wildman–Crippen LogP) is 3.65. The summed E-state index contributed by atoms with van der Waals surface area (Å²) in [6.45, 7) is 0.395. The monoisotopic (exact) mass is 456 g/mol. The van der Waals surface area contributed by atoms with Gasteiger partial charge < -0.3 is 10.6 Å². The molecule has 8 nitrogen and oxygen atoms in total. The molecule has 2 aromatic heterocycles. The van der Waals surface area contributed by atoms with E-state index in [-0.39, 0.29) is 18.2 Å². The van der Waals surface area contributed by atoms with Crippen molar-refractivity contribution in [3.63, 3.8) is 0 Å². The van der Waals surface area contributed by atoms with Crippen molar-refractivity contribution in [1.29, 1.82) is 0 Å². The van der Waals surface area contributed by atoms with Gasteiger partial charge >= 0.3 is 0 Å². The average Bonchev–Trinajstić information content (AvgIpc) is 3.36. The standard InChI is InChI=1S/C21H18Cl2N6O2/c22-15-2-1-3-16(23)14(15)10-24-17-8-18(26-13-4-5-13)29-20(27-17)12(9-25-29)6-11-7-19(30)28-21(11)31/h1-3,6,8-9,13,26H,4-5,7,10H2,(H,24,27)(H,28,30,31)/b11-6+. The highest BCUT2D eigenvalue weighted by Crippen LogP contribution is 2.29. The molecule has 31 heavy (non-hydrogen) atoms. The fourth-order valence-corrected chi connectivity index (χ4v) is 3.93.